The van der Waals surface area contributed by atoms with E-state index in [0.29, 0.717) is 11.8 Å². The van der Waals surface area contributed by atoms with Crippen molar-refractivity contribution in [3.8, 4) is 0 Å². The average Bonchev–Trinajstić information content (AvgIpc) is 2.39. The molecule has 1 fully saturated rings. The minimum absolute atomic E-state index is 0.283. The van der Waals surface area contributed by atoms with Crippen LogP contribution in [0.1, 0.15) is 47.0 Å². The maximum Gasteiger partial charge on any atom is 0.0113 e. The number of allylic oxidation sites excluding steroid dienone is 4. The summed E-state index contributed by atoms with van der Waals surface area (Å²) in [7, 11) is 0. The molecule has 1 aliphatic rings. The van der Waals surface area contributed by atoms with Gasteiger partial charge in [0.05, 0.1) is 0 Å². The number of hydrogen-bond acceptors (Lipinski definition) is 2. The first-order valence-corrected chi connectivity index (χ1v) is 7.35. The molecule has 1 aliphatic heterocycles. The highest BCUT2D eigenvalue weighted by molar-refractivity contribution is 5.15. The highest BCUT2D eigenvalue weighted by Gasteiger charge is 2.22. The molecule has 2 heteroatoms. The molecule has 0 bridgehead atoms. The molecule has 0 aromatic heterocycles. The highest BCUT2D eigenvalue weighted by atomic mass is 14.9. The molecule has 0 aromatic rings. The van der Waals surface area contributed by atoms with Crippen molar-refractivity contribution in [3.05, 3.63) is 23.9 Å². The minimum Gasteiger partial charge on any atom is -0.402 e. The second kappa shape index (κ2) is 6.98. The fraction of sp³-hybridized carbons (Fsp3) is 0.750. The Balaban J connectivity index is 2.60. The van der Waals surface area contributed by atoms with Crippen LogP contribution in [-0.2, 0) is 0 Å². The first-order valence-electron chi connectivity index (χ1n) is 7.35. The molecule has 0 aromatic carbocycles. The Morgan fingerprint density at radius 2 is 2.00 bits per heavy atom. The first kappa shape index (κ1) is 15.3. The monoisotopic (exact) mass is 250 g/mol. The van der Waals surface area contributed by atoms with Gasteiger partial charge in [-0.1, -0.05) is 39.8 Å². The van der Waals surface area contributed by atoms with Gasteiger partial charge in [-0.25, -0.2) is 0 Å². The number of nitrogens with two attached hydrogens (primary N) is 1. The number of hydrogen-bond donors (Lipinski definition) is 2. The third-order valence-electron chi connectivity index (χ3n) is 4.66. The molecule has 104 valence electrons. The van der Waals surface area contributed by atoms with E-state index in [1.807, 2.05) is 0 Å². The Hall–Kier alpha value is -0.760. The van der Waals surface area contributed by atoms with E-state index < -0.39 is 0 Å². The fourth-order valence-corrected chi connectivity index (χ4v) is 2.39. The molecule has 1 rings (SSSR count). The first-order chi connectivity index (χ1) is 8.49. The summed E-state index contributed by atoms with van der Waals surface area (Å²) in [5.74, 6) is 1.23. The summed E-state index contributed by atoms with van der Waals surface area (Å²) in [6, 6.07) is 0. The summed E-state index contributed by atoms with van der Waals surface area (Å²) in [5, 5.41) is 3.37. The lowest BCUT2D eigenvalue weighted by atomic mass is 9.76. The van der Waals surface area contributed by atoms with Crippen LogP contribution in [-0.4, -0.2) is 13.1 Å². The minimum atomic E-state index is 0.283. The van der Waals surface area contributed by atoms with Crippen molar-refractivity contribution >= 4 is 0 Å². The molecule has 3 N–H and O–H groups in total. The van der Waals surface area contributed by atoms with Crippen molar-refractivity contribution in [3.63, 3.8) is 0 Å². The van der Waals surface area contributed by atoms with Crippen LogP contribution in [0.25, 0.3) is 0 Å². The Labute approximate surface area is 113 Å². The van der Waals surface area contributed by atoms with Crippen LogP contribution in [0.15, 0.2) is 23.9 Å². The van der Waals surface area contributed by atoms with Gasteiger partial charge in [0, 0.05) is 11.6 Å². The lowest BCUT2D eigenvalue weighted by molar-refractivity contribution is 0.287. The van der Waals surface area contributed by atoms with Crippen LogP contribution >= 0.6 is 0 Å². The van der Waals surface area contributed by atoms with E-state index in [1.165, 1.54) is 19.3 Å². The van der Waals surface area contributed by atoms with E-state index in [4.69, 9.17) is 5.73 Å². The molecule has 2 nitrogen and oxygen atoms in total. The Morgan fingerprint density at radius 1 is 1.39 bits per heavy atom. The SMILES string of the molecule is CCC(C)(/C=C\C=C(/N)C1CCNCC1)C(C)C. The Morgan fingerprint density at radius 3 is 2.50 bits per heavy atom. The van der Waals surface area contributed by atoms with E-state index in [9.17, 15) is 0 Å². The second-order valence-corrected chi connectivity index (χ2v) is 6.06. The smallest absolute Gasteiger partial charge is 0.0113 e. The Bertz CT molecular complexity index is 298. The van der Waals surface area contributed by atoms with E-state index in [0.717, 1.165) is 18.8 Å². The summed E-state index contributed by atoms with van der Waals surface area (Å²) in [5.41, 5.74) is 7.51. The van der Waals surface area contributed by atoms with Gasteiger partial charge in [-0.3, -0.25) is 0 Å². The van der Waals surface area contributed by atoms with Gasteiger partial charge in [0.1, 0.15) is 0 Å². The predicted octanol–water partition coefficient (Wildman–Crippen LogP) is 3.46. The molecular formula is C16H30N2. The summed E-state index contributed by atoms with van der Waals surface area (Å²) in [6.07, 6.45) is 10.1. The van der Waals surface area contributed by atoms with E-state index >= 15 is 0 Å². The van der Waals surface area contributed by atoms with Crippen molar-refractivity contribution in [2.75, 3.05) is 13.1 Å². The second-order valence-electron chi connectivity index (χ2n) is 6.06. The van der Waals surface area contributed by atoms with Crippen LogP contribution in [0.2, 0.25) is 0 Å². The molecule has 1 heterocycles. The lowest BCUT2D eigenvalue weighted by Gasteiger charge is -2.29. The topological polar surface area (TPSA) is 38.0 Å². The molecule has 18 heavy (non-hydrogen) atoms. The van der Waals surface area contributed by atoms with Gasteiger partial charge in [0.2, 0.25) is 0 Å². The molecule has 0 saturated carbocycles. The zero-order valence-electron chi connectivity index (χ0n) is 12.5. The molecule has 1 atom stereocenters. The van der Waals surface area contributed by atoms with E-state index in [-0.39, 0.29) is 5.41 Å². The van der Waals surface area contributed by atoms with Gasteiger partial charge in [0.25, 0.3) is 0 Å². The Kier molecular flexibility index (Phi) is 5.94. The maximum absolute atomic E-state index is 6.18. The fourth-order valence-electron chi connectivity index (χ4n) is 2.39. The van der Waals surface area contributed by atoms with Crippen LogP contribution in [0, 0.1) is 17.3 Å². The molecule has 1 saturated heterocycles. The largest absolute Gasteiger partial charge is 0.402 e. The van der Waals surface area contributed by atoms with Crippen LogP contribution in [0.4, 0.5) is 0 Å². The van der Waals surface area contributed by atoms with Crippen molar-refractivity contribution < 1.29 is 0 Å². The predicted molar refractivity (Wildman–Crippen MR) is 80.2 cm³/mol. The number of nitrogens with one attached hydrogen (secondary N) is 1. The van der Waals surface area contributed by atoms with Gasteiger partial charge in [-0.05, 0) is 49.8 Å². The van der Waals surface area contributed by atoms with E-state index in [1.54, 1.807) is 0 Å². The highest BCUT2D eigenvalue weighted by Crippen LogP contribution is 2.32. The van der Waals surface area contributed by atoms with Gasteiger partial charge in [-0.2, -0.15) is 0 Å². The standard InChI is InChI=1S/C16H30N2/c1-5-16(4,13(2)3)10-6-7-15(17)14-8-11-18-12-9-14/h6-7,10,13-14,18H,5,8-9,11-12,17H2,1-4H3/b10-6-,15-7-. The van der Waals surface area contributed by atoms with Crippen LogP contribution < -0.4 is 11.1 Å². The van der Waals surface area contributed by atoms with Crippen LogP contribution in [0.3, 0.4) is 0 Å². The summed E-state index contributed by atoms with van der Waals surface area (Å²) in [4.78, 5) is 0. The van der Waals surface area contributed by atoms with Crippen molar-refractivity contribution in [1.82, 2.24) is 5.32 Å². The summed E-state index contributed by atoms with van der Waals surface area (Å²) in [6.45, 7) is 11.3. The van der Waals surface area contributed by atoms with Crippen LogP contribution in [0.5, 0.6) is 0 Å². The number of piperidine rings is 1. The third-order valence-corrected chi connectivity index (χ3v) is 4.66. The van der Waals surface area contributed by atoms with Gasteiger partial charge in [-0.15, -0.1) is 0 Å². The molecule has 0 spiro atoms. The van der Waals surface area contributed by atoms with Gasteiger partial charge < -0.3 is 11.1 Å². The maximum atomic E-state index is 6.18. The van der Waals surface area contributed by atoms with E-state index in [2.05, 4.69) is 51.2 Å². The average molecular weight is 250 g/mol. The number of rotatable bonds is 5. The molecule has 0 aliphatic carbocycles. The quantitative estimate of drug-likeness (QED) is 0.733. The zero-order valence-corrected chi connectivity index (χ0v) is 12.5. The summed E-state index contributed by atoms with van der Waals surface area (Å²) >= 11 is 0. The van der Waals surface area contributed by atoms with Crippen molar-refractivity contribution in [1.29, 1.82) is 0 Å². The van der Waals surface area contributed by atoms with Crippen molar-refractivity contribution in [2.24, 2.45) is 23.0 Å². The third kappa shape index (κ3) is 4.16. The molecule has 1 unspecified atom stereocenters. The van der Waals surface area contributed by atoms with Crippen molar-refractivity contribution in [2.45, 2.75) is 47.0 Å². The normalized spacial score (nSPS) is 22.6. The lowest BCUT2D eigenvalue weighted by Crippen LogP contribution is -2.30. The molecule has 0 radical (unpaired) electrons. The summed E-state index contributed by atoms with van der Waals surface area (Å²) < 4.78 is 0. The van der Waals surface area contributed by atoms with Gasteiger partial charge >= 0.3 is 0 Å². The zero-order chi connectivity index (χ0) is 13.6. The van der Waals surface area contributed by atoms with Gasteiger partial charge in [0.15, 0.2) is 0 Å². The molecule has 0 amide bonds. The molecular weight excluding hydrogens is 220 g/mol.